The lowest BCUT2D eigenvalue weighted by Gasteiger charge is -2.15. The Hall–Kier alpha value is -4.31. The first-order chi connectivity index (χ1) is 19.1. The molecule has 9 nitrogen and oxygen atoms in total. The molecule has 1 fully saturated rings. The molecule has 2 amide bonds. The van der Waals surface area contributed by atoms with E-state index < -0.39 is 0 Å². The molecule has 202 valence electrons. The Kier molecular flexibility index (Phi) is 8.42. The third-order valence-corrected chi connectivity index (χ3v) is 6.51. The molecule has 0 atom stereocenters. The molecule has 0 aliphatic carbocycles. The van der Waals surface area contributed by atoms with Crippen molar-refractivity contribution in [3.05, 3.63) is 72.0 Å². The highest BCUT2D eigenvalue weighted by Gasteiger charge is 2.13. The topological polar surface area (TPSA) is 104 Å². The number of carbonyl (C=O) groups excluding carboxylic acids is 1. The van der Waals surface area contributed by atoms with Gasteiger partial charge in [0.25, 0.3) is 0 Å². The molecule has 10 heteroatoms. The first-order valence-electron chi connectivity index (χ1n) is 13.2. The van der Waals surface area contributed by atoms with Gasteiger partial charge in [-0.25, -0.2) is 19.2 Å². The molecular formula is C29H32FN7O2. The van der Waals surface area contributed by atoms with E-state index in [2.05, 4.69) is 30.8 Å². The van der Waals surface area contributed by atoms with Crippen LogP contribution in [0.15, 0.2) is 60.7 Å². The van der Waals surface area contributed by atoms with E-state index >= 15 is 0 Å². The third kappa shape index (κ3) is 6.97. The zero-order valence-electron chi connectivity index (χ0n) is 21.9. The molecule has 0 spiro atoms. The summed E-state index contributed by atoms with van der Waals surface area (Å²) in [7, 11) is 0. The minimum Gasteiger partial charge on any atom is -0.476 e. The van der Waals surface area contributed by atoms with Gasteiger partial charge in [-0.3, -0.25) is 0 Å². The second kappa shape index (κ2) is 12.5. The number of urea groups is 1. The van der Waals surface area contributed by atoms with Crippen LogP contribution in [0.2, 0.25) is 0 Å². The molecular weight excluding hydrogens is 497 g/mol. The molecule has 0 unspecified atom stereocenters. The van der Waals surface area contributed by atoms with Crippen LogP contribution < -0.4 is 20.7 Å². The summed E-state index contributed by atoms with van der Waals surface area (Å²) in [5.41, 5.74) is 4.43. The Labute approximate surface area is 226 Å². The summed E-state index contributed by atoms with van der Waals surface area (Å²) in [5, 5.41) is 8.97. The lowest BCUT2D eigenvalue weighted by atomic mass is 10.1. The maximum Gasteiger partial charge on any atom is 0.319 e. The highest BCUT2D eigenvalue weighted by Crippen LogP contribution is 2.27. The minimum absolute atomic E-state index is 0.215. The monoisotopic (exact) mass is 529 g/mol. The average Bonchev–Trinajstić information content (AvgIpc) is 3.47. The molecule has 1 saturated heterocycles. The summed E-state index contributed by atoms with van der Waals surface area (Å²) in [4.78, 5) is 28.5. The fourth-order valence-electron chi connectivity index (χ4n) is 4.48. The Bertz CT molecular complexity index is 1410. The van der Waals surface area contributed by atoms with Crippen molar-refractivity contribution in [2.75, 3.05) is 43.4 Å². The number of amides is 2. The quantitative estimate of drug-likeness (QED) is 0.264. The molecule has 1 aliphatic rings. The Balaban J connectivity index is 1.25. The zero-order valence-corrected chi connectivity index (χ0v) is 21.9. The summed E-state index contributed by atoms with van der Waals surface area (Å²) in [6.07, 6.45) is 2.48. The summed E-state index contributed by atoms with van der Waals surface area (Å²) < 4.78 is 19.0. The van der Waals surface area contributed by atoms with E-state index in [4.69, 9.17) is 9.72 Å². The van der Waals surface area contributed by atoms with Gasteiger partial charge in [-0.1, -0.05) is 24.3 Å². The van der Waals surface area contributed by atoms with Gasteiger partial charge >= 0.3 is 6.03 Å². The van der Waals surface area contributed by atoms with Crippen molar-refractivity contribution < 1.29 is 13.9 Å². The summed E-state index contributed by atoms with van der Waals surface area (Å²) in [6, 6.07) is 17.3. The number of anilines is 2. The largest absolute Gasteiger partial charge is 0.476 e. The van der Waals surface area contributed by atoms with Gasteiger partial charge < -0.3 is 25.6 Å². The molecule has 0 bridgehead atoms. The smallest absolute Gasteiger partial charge is 0.319 e. The normalized spacial score (nSPS) is 13.4. The van der Waals surface area contributed by atoms with Crippen molar-refractivity contribution in [1.82, 2.24) is 25.2 Å². The fourth-order valence-corrected chi connectivity index (χ4v) is 4.48. The highest BCUT2D eigenvalue weighted by atomic mass is 19.1. The number of carbonyl (C=O) groups is 1. The number of likely N-dealkylation sites (tertiary alicyclic amines) is 1. The van der Waals surface area contributed by atoms with E-state index in [1.54, 1.807) is 12.1 Å². The predicted octanol–water partition coefficient (Wildman–Crippen LogP) is 5.06. The van der Waals surface area contributed by atoms with Gasteiger partial charge in [0.15, 0.2) is 5.52 Å². The number of nitrogens with zero attached hydrogens (tertiary/aromatic N) is 4. The molecule has 2 aromatic heterocycles. The van der Waals surface area contributed by atoms with E-state index in [1.807, 2.05) is 43.3 Å². The fraction of sp³-hybridized carbons (Fsp3) is 0.310. The van der Waals surface area contributed by atoms with E-state index in [-0.39, 0.29) is 11.8 Å². The number of nitrogens with one attached hydrogen (secondary N) is 3. The van der Waals surface area contributed by atoms with Crippen molar-refractivity contribution in [2.24, 2.45) is 0 Å². The van der Waals surface area contributed by atoms with Crippen LogP contribution in [0.25, 0.3) is 22.3 Å². The summed E-state index contributed by atoms with van der Waals surface area (Å²) in [5.74, 6) is 0.509. The standard InChI is InChI=1S/C29H32FN7O2/c1-2-39-27-26-25(35-28(36-27)32-19-20-5-9-22(30)10-6-20)14-13-24(34-26)21-7-11-23(12-8-21)33-29(38)31-15-18-37-16-3-4-17-37/h5-14H,2-4,15-19H2,1H3,(H2,31,33,38)(H,32,35,36). The second-order valence-electron chi connectivity index (χ2n) is 9.34. The Morgan fingerprint density at radius 1 is 0.974 bits per heavy atom. The molecule has 5 rings (SSSR count). The highest BCUT2D eigenvalue weighted by molar-refractivity contribution is 5.89. The van der Waals surface area contributed by atoms with Crippen LogP contribution in [0.5, 0.6) is 5.88 Å². The maximum absolute atomic E-state index is 13.2. The van der Waals surface area contributed by atoms with Crippen molar-refractivity contribution in [3.8, 4) is 17.1 Å². The molecule has 3 N–H and O–H groups in total. The lowest BCUT2D eigenvalue weighted by Crippen LogP contribution is -2.35. The van der Waals surface area contributed by atoms with Crippen LogP contribution in [0.4, 0.5) is 20.8 Å². The summed E-state index contributed by atoms with van der Waals surface area (Å²) in [6.45, 7) is 6.48. The molecule has 3 heterocycles. The van der Waals surface area contributed by atoms with Crippen molar-refractivity contribution >= 4 is 28.7 Å². The maximum atomic E-state index is 13.2. The Morgan fingerprint density at radius 3 is 2.49 bits per heavy atom. The number of pyridine rings is 1. The molecule has 39 heavy (non-hydrogen) atoms. The minimum atomic E-state index is -0.277. The van der Waals surface area contributed by atoms with Crippen LogP contribution in [-0.4, -0.2) is 58.7 Å². The first-order valence-corrected chi connectivity index (χ1v) is 13.2. The number of aromatic nitrogens is 3. The van der Waals surface area contributed by atoms with E-state index in [0.717, 1.165) is 36.5 Å². The Morgan fingerprint density at radius 2 is 1.74 bits per heavy atom. The number of fused-ring (bicyclic) bond motifs is 1. The SMILES string of the molecule is CCOc1nc(NCc2ccc(F)cc2)nc2ccc(-c3ccc(NC(=O)NCCN4CCCC4)cc3)nc12. The molecule has 2 aromatic carbocycles. The first kappa shape index (κ1) is 26.3. The van der Waals surface area contributed by atoms with Crippen LogP contribution >= 0.6 is 0 Å². The third-order valence-electron chi connectivity index (χ3n) is 6.51. The molecule has 0 saturated carbocycles. The summed E-state index contributed by atoms with van der Waals surface area (Å²) >= 11 is 0. The van der Waals surface area contributed by atoms with Crippen molar-refractivity contribution in [2.45, 2.75) is 26.3 Å². The average molecular weight is 530 g/mol. The van der Waals surface area contributed by atoms with Crippen molar-refractivity contribution in [1.29, 1.82) is 0 Å². The number of hydrogen-bond acceptors (Lipinski definition) is 7. The van der Waals surface area contributed by atoms with Crippen molar-refractivity contribution in [3.63, 3.8) is 0 Å². The number of ether oxygens (including phenoxy) is 1. The van der Waals surface area contributed by atoms with Gasteiger partial charge in [0.1, 0.15) is 5.82 Å². The number of hydrogen-bond donors (Lipinski definition) is 3. The molecule has 4 aromatic rings. The zero-order chi connectivity index (χ0) is 27.0. The molecule has 0 radical (unpaired) electrons. The number of halogens is 1. The number of benzene rings is 2. The van der Waals surface area contributed by atoms with Crippen LogP contribution in [0.3, 0.4) is 0 Å². The van der Waals surface area contributed by atoms with Crippen LogP contribution in [0, 0.1) is 5.82 Å². The van der Waals surface area contributed by atoms with E-state index in [9.17, 15) is 9.18 Å². The number of rotatable bonds is 10. The van der Waals surface area contributed by atoms with Gasteiger partial charge in [0.2, 0.25) is 11.8 Å². The van der Waals surface area contributed by atoms with Gasteiger partial charge in [0, 0.05) is 30.9 Å². The van der Waals surface area contributed by atoms with Gasteiger partial charge in [-0.2, -0.15) is 4.98 Å². The predicted molar refractivity (Wildman–Crippen MR) is 150 cm³/mol. The van der Waals surface area contributed by atoms with E-state index in [1.165, 1.54) is 25.0 Å². The van der Waals surface area contributed by atoms with Gasteiger partial charge in [0.05, 0.1) is 17.8 Å². The van der Waals surface area contributed by atoms with Gasteiger partial charge in [-0.05, 0) is 74.8 Å². The van der Waals surface area contributed by atoms with Crippen LogP contribution in [0.1, 0.15) is 25.3 Å². The lowest BCUT2D eigenvalue weighted by molar-refractivity contribution is 0.249. The van der Waals surface area contributed by atoms with Crippen LogP contribution in [-0.2, 0) is 6.54 Å². The molecule has 1 aliphatic heterocycles. The van der Waals surface area contributed by atoms with Gasteiger partial charge in [-0.15, -0.1) is 0 Å². The van der Waals surface area contributed by atoms with E-state index in [0.29, 0.717) is 48.2 Å². The second-order valence-corrected chi connectivity index (χ2v) is 9.34.